The quantitative estimate of drug-likeness (QED) is 0.589. The topological polar surface area (TPSA) is 84.5 Å². The molecule has 178 valence electrons. The van der Waals surface area contributed by atoms with E-state index < -0.39 is 12.0 Å². The SMILES string of the molecule is O=C(COC(=O)[C@@H](Cc1ccccc1)NC(=O)c1ccccc1)NC12CC3CC(CC(C3)C1)C2. The van der Waals surface area contributed by atoms with Crippen LogP contribution in [0.4, 0.5) is 0 Å². The second-order valence-electron chi connectivity index (χ2n) is 10.4. The van der Waals surface area contributed by atoms with Crippen LogP contribution in [0.15, 0.2) is 60.7 Å². The summed E-state index contributed by atoms with van der Waals surface area (Å²) in [5, 5.41) is 6.02. The Hall–Kier alpha value is -3.15. The fourth-order valence-electron chi connectivity index (χ4n) is 6.71. The minimum absolute atomic E-state index is 0.122. The summed E-state index contributed by atoms with van der Waals surface area (Å²) in [7, 11) is 0. The fourth-order valence-corrected chi connectivity index (χ4v) is 6.71. The van der Waals surface area contributed by atoms with E-state index in [1.165, 1.54) is 19.3 Å². The molecule has 34 heavy (non-hydrogen) atoms. The van der Waals surface area contributed by atoms with Crippen LogP contribution in [-0.2, 0) is 20.7 Å². The van der Waals surface area contributed by atoms with Crippen molar-refractivity contribution in [1.82, 2.24) is 10.6 Å². The fraction of sp³-hybridized carbons (Fsp3) is 0.464. The molecule has 0 aliphatic heterocycles. The van der Waals surface area contributed by atoms with E-state index in [2.05, 4.69) is 10.6 Å². The van der Waals surface area contributed by atoms with Crippen molar-refractivity contribution in [3.05, 3.63) is 71.8 Å². The molecule has 2 aromatic rings. The number of amides is 2. The minimum atomic E-state index is -0.887. The molecule has 4 saturated carbocycles. The zero-order chi connectivity index (χ0) is 23.5. The van der Waals surface area contributed by atoms with Crippen LogP contribution in [0.5, 0.6) is 0 Å². The summed E-state index contributed by atoms with van der Waals surface area (Å²) in [5.41, 5.74) is 1.24. The van der Waals surface area contributed by atoms with Crippen molar-refractivity contribution in [3.8, 4) is 0 Å². The number of nitrogens with one attached hydrogen (secondary N) is 2. The zero-order valence-corrected chi connectivity index (χ0v) is 19.4. The van der Waals surface area contributed by atoms with Crippen molar-refractivity contribution >= 4 is 17.8 Å². The van der Waals surface area contributed by atoms with Gasteiger partial charge < -0.3 is 15.4 Å². The Balaban J connectivity index is 1.20. The molecule has 0 heterocycles. The molecule has 2 amide bonds. The highest BCUT2D eigenvalue weighted by atomic mass is 16.5. The van der Waals surface area contributed by atoms with E-state index >= 15 is 0 Å². The number of benzene rings is 2. The van der Waals surface area contributed by atoms with Gasteiger partial charge in [-0.15, -0.1) is 0 Å². The largest absolute Gasteiger partial charge is 0.454 e. The lowest BCUT2D eigenvalue weighted by molar-refractivity contribution is -0.151. The third-order valence-corrected chi connectivity index (χ3v) is 7.70. The van der Waals surface area contributed by atoms with Gasteiger partial charge in [-0.3, -0.25) is 9.59 Å². The minimum Gasteiger partial charge on any atom is -0.454 e. The molecule has 0 radical (unpaired) electrons. The van der Waals surface area contributed by atoms with Crippen LogP contribution in [0, 0.1) is 17.8 Å². The molecule has 1 atom stereocenters. The van der Waals surface area contributed by atoms with E-state index in [9.17, 15) is 14.4 Å². The molecular formula is C28H32N2O4. The summed E-state index contributed by atoms with van der Waals surface area (Å²) in [6, 6.07) is 17.3. The second-order valence-corrected chi connectivity index (χ2v) is 10.4. The van der Waals surface area contributed by atoms with Crippen molar-refractivity contribution < 1.29 is 19.1 Å². The van der Waals surface area contributed by atoms with E-state index in [-0.39, 0.29) is 30.4 Å². The Kier molecular flexibility index (Phi) is 6.40. The molecule has 0 saturated heterocycles. The third-order valence-electron chi connectivity index (χ3n) is 7.70. The smallest absolute Gasteiger partial charge is 0.329 e. The van der Waals surface area contributed by atoms with Gasteiger partial charge in [-0.1, -0.05) is 48.5 Å². The Morgan fingerprint density at radius 2 is 1.41 bits per heavy atom. The van der Waals surface area contributed by atoms with Crippen molar-refractivity contribution in [2.45, 2.75) is 56.5 Å². The predicted octanol–water partition coefficient (Wildman–Crippen LogP) is 3.66. The highest BCUT2D eigenvalue weighted by molar-refractivity contribution is 5.97. The normalized spacial score (nSPS) is 27.6. The van der Waals surface area contributed by atoms with Gasteiger partial charge in [0, 0.05) is 17.5 Å². The summed E-state index contributed by atoms with van der Waals surface area (Å²) in [6.45, 7) is -0.326. The van der Waals surface area contributed by atoms with E-state index in [4.69, 9.17) is 4.74 Å². The van der Waals surface area contributed by atoms with Gasteiger partial charge in [0.05, 0.1) is 0 Å². The molecule has 0 spiro atoms. The number of esters is 1. The molecule has 4 aliphatic carbocycles. The summed E-state index contributed by atoms with van der Waals surface area (Å²) < 4.78 is 5.42. The van der Waals surface area contributed by atoms with Crippen LogP contribution in [0.25, 0.3) is 0 Å². The van der Waals surface area contributed by atoms with Crippen LogP contribution in [0.3, 0.4) is 0 Å². The van der Waals surface area contributed by atoms with E-state index in [0.29, 0.717) is 5.56 Å². The number of hydrogen-bond acceptors (Lipinski definition) is 4. The summed E-state index contributed by atoms with van der Waals surface area (Å²) in [4.78, 5) is 38.5. The van der Waals surface area contributed by atoms with Gasteiger partial charge in [-0.25, -0.2) is 4.79 Å². The molecule has 6 nitrogen and oxygen atoms in total. The lowest BCUT2D eigenvalue weighted by Crippen LogP contribution is -2.60. The van der Waals surface area contributed by atoms with Gasteiger partial charge >= 0.3 is 5.97 Å². The molecule has 6 rings (SSSR count). The molecule has 0 unspecified atom stereocenters. The molecule has 0 aromatic heterocycles. The Bertz CT molecular complexity index is 1000. The van der Waals surface area contributed by atoms with Crippen molar-refractivity contribution in [3.63, 3.8) is 0 Å². The van der Waals surface area contributed by atoms with Crippen molar-refractivity contribution in [2.24, 2.45) is 17.8 Å². The first-order chi connectivity index (χ1) is 16.5. The van der Waals surface area contributed by atoms with Gasteiger partial charge in [0.1, 0.15) is 6.04 Å². The van der Waals surface area contributed by atoms with Gasteiger partial charge in [0.15, 0.2) is 6.61 Å². The monoisotopic (exact) mass is 460 g/mol. The maximum Gasteiger partial charge on any atom is 0.329 e. The molecule has 2 aromatic carbocycles. The van der Waals surface area contributed by atoms with E-state index in [1.54, 1.807) is 24.3 Å². The van der Waals surface area contributed by atoms with Gasteiger partial charge in [-0.2, -0.15) is 0 Å². The van der Waals surface area contributed by atoms with Gasteiger partial charge in [0.25, 0.3) is 11.8 Å². The Morgan fingerprint density at radius 1 is 0.853 bits per heavy atom. The Labute approximate surface area is 200 Å². The maximum absolute atomic E-state index is 13.0. The molecule has 4 fully saturated rings. The number of rotatable bonds is 8. The van der Waals surface area contributed by atoms with E-state index in [1.807, 2.05) is 36.4 Å². The molecule has 2 N–H and O–H groups in total. The maximum atomic E-state index is 13.0. The van der Waals surface area contributed by atoms with Crippen LogP contribution >= 0.6 is 0 Å². The lowest BCUT2D eigenvalue weighted by atomic mass is 9.53. The molecule has 6 heteroatoms. The third kappa shape index (κ3) is 5.16. The highest BCUT2D eigenvalue weighted by Crippen LogP contribution is 2.55. The zero-order valence-electron chi connectivity index (χ0n) is 19.4. The number of carbonyl (C=O) groups excluding carboxylic acids is 3. The lowest BCUT2D eigenvalue weighted by Gasteiger charge is -2.56. The van der Waals surface area contributed by atoms with Gasteiger partial charge in [0.2, 0.25) is 0 Å². The standard InChI is InChI=1S/C28H32N2O4/c31-25(30-28-15-20-11-21(16-28)13-22(12-20)17-28)18-34-27(33)24(14-19-7-3-1-4-8-19)29-26(32)23-9-5-2-6-10-23/h1-10,20-22,24H,11-18H2,(H,29,32)(H,30,31)/t20?,21?,22?,24-,28?/m1/s1. The number of ether oxygens (including phenoxy) is 1. The summed E-state index contributed by atoms with van der Waals surface area (Å²) in [5.74, 6) is 0.959. The van der Waals surface area contributed by atoms with Gasteiger partial charge in [-0.05, 0) is 74.0 Å². The van der Waals surface area contributed by atoms with Crippen LogP contribution in [0.1, 0.15) is 54.4 Å². The van der Waals surface area contributed by atoms with Crippen molar-refractivity contribution in [1.29, 1.82) is 0 Å². The Morgan fingerprint density at radius 3 is 2.00 bits per heavy atom. The van der Waals surface area contributed by atoms with E-state index in [0.717, 1.165) is 42.6 Å². The molecular weight excluding hydrogens is 428 g/mol. The highest BCUT2D eigenvalue weighted by Gasteiger charge is 2.51. The number of hydrogen-bond donors (Lipinski definition) is 2. The predicted molar refractivity (Wildman–Crippen MR) is 128 cm³/mol. The van der Waals surface area contributed by atoms with Crippen LogP contribution in [-0.4, -0.2) is 36.0 Å². The molecule has 4 bridgehead atoms. The molecule has 4 aliphatic rings. The summed E-state index contributed by atoms with van der Waals surface area (Å²) >= 11 is 0. The first-order valence-corrected chi connectivity index (χ1v) is 12.4. The second kappa shape index (κ2) is 9.61. The van der Waals surface area contributed by atoms with Crippen molar-refractivity contribution in [2.75, 3.05) is 6.61 Å². The average Bonchev–Trinajstić information content (AvgIpc) is 2.82. The first kappa shape index (κ1) is 22.6. The van der Waals surface area contributed by atoms with Crippen LogP contribution in [0.2, 0.25) is 0 Å². The van der Waals surface area contributed by atoms with Crippen LogP contribution < -0.4 is 10.6 Å². The average molecular weight is 461 g/mol. The number of carbonyl (C=O) groups is 3. The first-order valence-electron chi connectivity index (χ1n) is 12.4. The summed E-state index contributed by atoms with van der Waals surface area (Å²) in [6.07, 6.45) is 7.31.